The number of hydrogen-bond acceptors (Lipinski definition) is 6. The molecule has 1 aromatic rings. The third-order valence-electron chi connectivity index (χ3n) is 5.33. The van der Waals surface area contributed by atoms with Gasteiger partial charge in [-0.1, -0.05) is 30.3 Å². The lowest BCUT2D eigenvalue weighted by Crippen LogP contribution is -2.58. The van der Waals surface area contributed by atoms with Crippen molar-refractivity contribution in [2.45, 2.75) is 64.5 Å². The summed E-state index contributed by atoms with van der Waals surface area (Å²) in [5.74, 6) is -1.32. The Morgan fingerprint density at radius 2 is 1.76 bits per heavy atom. The number of carbonyl (C=O) groups is 3. The lowest BCUT2D eigenvalue weighted by molar-refractivity contribution is -0.191. The average molecular weight is 403 g/mol. The fraction of sp³-hybridized carbons (Fsp3) is 0.591. The summed E-state index contributed by atoms with van der Waals surface area (Å²) < 4.78 is 16.7. The number of carbonyl (C=O) groups excluding carboxylic acids is 3. The first kappa shape index (κ1) is 21.3. The van der Waals surface area contributed by atoms with Crippen molar-refractivity contribution >= 4 is 17.8 Å². The third kappa shape index (κ3) is 4.29. The Kier molecular flexibility index (Phi) is 5.47. The van der Waals surface area contributed by atoms with Crippen LogP contribution in [0.1, 0.15) is 51.4 Å². The van der Waals surface area contributed by atoms with Crippen LogP contribution in [-0.4, -0.2) is 53.3 Å². The first-order valence-corrected chi connectivity index (χ1v) is 9.82. The van der Waals surface area contributed by atoms with E-state index in [0.29, 0.717) is 5.56 Å². The van der Waals surface area contributed by atoms with E-state index in [1.807, 2.05) is 6.07 Å². The molecule has 3 rings (SSSR count). The zero-order valence-electron chi connectivity index (χ0n) is 17.8. The van der Waals surface area contributed by atoms with Crippen LogP contribution in [-0.2, 0) is 19.0 Å². The fourth-order valence-corrected chi connectivity index (χ4v) is 4.15. The minimum Gasteiger partial charge on any atom is -0.469 e. The number of esters is 1. The van der Waals surface area contributed by atoms with Crippen molar-refractivity contribution in [1.29, 1.82) is 0 Å². The second-order valence-electron chi connectivity index (χ2n) is 9.06. The lowest BCUT2D eigenvalue weighted by atomic mass is 9.99. The number of amides is 1. The maximum atomic E-state index is 12.9. The molecule has 7 nitrogen and oxygen atoms in total. The number of fused-ring (bicyclic) bond motifs is 1. The van der Waals surface area contributed by atoms with Crippen molar-refractivity contribution in [2.75, 3.05) is 7.11 Å². The molecule has 1 saturated heterocycles. The van der Waals surface area contributed by atoms with Gasteiger partial charge in [-0.3, -0.25) is 14.5 Å². The summed E-state index contributed by atoms with van der Waals surface area (Å²) in [6.07, 6.45) is -0.910. The minimum atomic E-state index is -1.03. The molecule has 158 valence electrons. The van der Waals surface area contributed by atoms with E-state index < -0.39 is 41.5 Å². The van der Waals surface area contributed by atoms with Crippen LogP contribution < -0.4 is 0 Å². The van der Waals surface area contributed by atoms with Gasteiger partial charge in [-0.2, -0.15) is 0 Å². The summed E-state index contributed by atoms with van der Waals surface area (Å²) in [4.78, 5) is 39.5. The molecular weight excluding hydrogens is 374 g/mol. The van der Waals surface area contributed by atoms with Gasteiger partial charge >= 0.3 is 12.1 Å². The van der Waals surface area contributed by atoms with Crippen LogP contribution in [0.5, 0.6) is 0 Å². The van der Waals surface area contributed by atoms with E-state index in [1.165, 1.54) is 12.0 Å². The van der Waals surface area contributed by atoms with Gasteiger partial charge < -0.3 is 14.2 Å². The molecule has 1 amide bonds. The van der Waals surface area contributed by atoms with Gasteiger partial charge in [-0.25, -0.2) is 4.79 Å². The van der Waals surface area contributed by atoms with Gasteiger partial charge in [-0.05, 0) is 34.6 Å². The quantitative estimate of drug-likeness (QED) is 0.566. The van der Waals surface area contributed by atoms with E-state index in [4.69, 9.17) is 14.2 Å². The summed E-state index contributed by atoms with van der Waals surface area (Å²) in [5.41, 5.74) is -1.12. The fourth-order valence-electron chi connectivity index (χ4n) is 4.15. The van der Waals surface area contributed by atoms with Gasteiger partial charge in [0.2, 0.25) is 0 Å². The standard InChI is InChI=1S/C22H29NO6/c1-21(2,3)29-20(26)23-18-16(17(18)19(25)27-6)15(28-22(23,4)5)12-14(24)13-10-8-7-9-11-13/h7-11,15-18H,12H2,1-6H3/t15-,16-,17-,18-/m1/s1. The van der Waals surface area contributed by atoms with Crippen LogP contribution in [0.2, 0.25) is 0 Å². The Morgan fingerprint density at radius 3 is 2.31 bits per heavy atom. The third-order valence-corrected chi connectivity index (χ3v) is 5.33. The monoisotopic (exact) mass is 403 g/mol. The van der Waals surface area contributed by atoms with E-state index in [9.17, 15) is 14.4 Å². The number of rotatable bonds is 4. The average Bonchev–Trinajstić information content (AvgIpc) is 3.34. The van der Waals surface area contributed by atoms with Crippen LogP contribution in [0.3, 0.4) is 0 Å². The first-order chi connectivity index (χ1) is 13.5. The molecule has 0 radical (unpaired) electrons. The largest absolute Gasteiger partial charge is 0.469 e. The van der Waals surface area contributed by atoms with Gasteiger partial charge in [0.15, 0.2) is 5.78 Å². The topological polar surface area (TPSA) is 82.1 Å². The summed E-state index contributed by atoms with van der Waals surface area (Å²) in [6, 6.07) is 8.55. The predicted molar refractivity (Wildman–Crippen MR) is 105 cm³/mol. The summed E-state index contributed by atoms with van der Waals surface area (Å²) in [5, 5.41) is 0. The minimum absolute atomic E-state index is 0.0635. The number of benzene rings is 1. The Hall–Kier alpha value is -2.41. The lowest BCUT2D eigenvalue weighted by Gasteiger charge is -2.45. The van der Waals surface area contributed by atoms with Gasteiger partial charge in [0.1, 0.15) is 11.3 Å². The molecule has 7 heteroatoms. The van der Waals surface area contributed by atoms with Crippen LogP contribution in [0, 0.1) is 11.8 Å². The van der Waals surface area contributed by atoms with Crippen LogP contribution >= 0.6 is 0 Å². The second-order valence-corrected chi connectivity index (χ2v) is 9.06. The van der Waals surface area contributed by atoms with Crippen molar-refractivity contribution in [3.63, 3.8) is 0 Å². The molecule has 1 aliphatic carbocycles. The number of nitrogens with zero attached hydrogens (tertiary/aromatic N) is 1. The summed E-state index contributed by atoms with van der Waals surface area (Å²) in [7, 11) is 1.32. The van der Waals surface area contributed by atoms with Crippen LogP contribution in [0.25, 0.3) is 0 Å². The molecule has 2 fully saturated rings. The van der Waals surface area contributed by atoms with Gasteiger partial charge in [0.05, 0.1) is 25.2 Å². The smallest absolute Gasteiger partial charge is 0.412 e. The zero-order chi connectivity index (χ0) is 21.6. The van der Waals surface area contributed by atoms with Crippen molar-refractivity contribution in [2.24, 2.45) is 11.8 Å². The van der Waals surface area contributed by atoms with E-state index in [2.05, 4.69) is 0 Å². The molecule has 0 N–H and O–H groups in total. The molecule has 2 aliphatic rings. The molecule has 0 bridgehead atoms. The van der Waals surface area contributed by atoms with Gasteiger partial charge in [0.25, 0.3) is 0 Å². The highest BCUT2D eigenvalue weighted by molar-refractivity contribution is 5.96. The molecule has 4 atom stereocenters. The molecule has 0 spiro atoms. The molecule has 0 unspecified atom stereocenters. The normalized spacial score (nSPS) is 27.6. The SMILES string of the molecule is COC(=O)[C@@H]1[C@@H]2[C@H]1N(C(=O)OC(C)(C)C)C(C)(C)O[C@@H]2CC(=O)c1ccccc1. The summed E-state index contributed by atoms with van der Waals surface area (Å²) in [6.45, 7) is 8.85. The molecular formula is C22H29NO6. The highest BCUT2D eigenvalue weighted by atomic mass is 16.6. The molecule has 0 aromatic heterocycles. The maximum Gasteiger partial charge on any atom is 0.412 e. The van der Waals surface area contributed by atoms with E-state index in [0.717, 1.165) is 0 Å². The van der Waals surface area contributed by atoms with E-state index in [-0.39, 0.29) is 18.1 Å². The van der Waals surface area contributed by atoms with Crippen LogP contribution in [0.15, 0.2) is 30.3 Å². The first-order valence-electron chi connectivity index (χ1n) is 9.82. The predicted octanol–water partition coefficient (Wildman–Crippen LogP) is 3.42. The van der Waals surface area contributed by atoms with Crippen molar-refractivity contribution in [3.8, 4) is 0 Å². The number of methoxy groups -OCH3 is 1. The Balaban J connectivity index is 1.85. The Labute approximate surface area is 171 Å². The van der Waals surface area contributed by atoms with Crippen LogP contribution in [0.4, 0.5) is 4.79 Å². The molecule has 1 aromatic carbocycles. The Bertz CT molecular complexity index is 797. The van der Waals surface area contributed by atoms with E-state index in [1.54, 1.807) is 58.9 Å². The van der Waals surface area contributed by atoms with E-state index >= 15 is 0 Å². The highest BCUT2D eigenvalue weighted by Gasteiger charge is 2.69. The molecule has 1 saturated carbocycles. The van der Waals surface area contributed by atoms with Crippen molar-refractivity contribution in [1.82, 2.24) is 4.90 Å². The number of ether oxygens (including phenoxy) is 3. The second kappa shape index (κ2) is 7.44. The number of Topliss-reactive ketones (excluding diaryl/α,β-unsaturated/α-hetero) is 1. The molecule has 1 heterocycles. The number of ketones is 1. The van der Waals surface area contributed by atoms with Crippen molar-refractivity contribution in [3.05, 3.63) is 35.9 Å². The highest BCUT2D eigenvalue weighted by Crippen LogP contribution is 2.55. The zero-order valence-corrected chi connectivity index (χ0v) is 17.8. The van der Waals surface area contributed by atoms with Crippen molar-refractivity contribution < 1.29 is 28.6 Å². The molecule has 1 aliphatic heterocycles. The summed E-state index contributed by atoms with van der Waals surface area (Å²) >= 11 is 0. The molecule has 29 heavy (non-hydrogen) atoms. The Morgan fingerprint density at radius 1 is 1.14 bits per heavy atom. The van der Waals surface area contributed by atoms with Gasteiger partial charge in [0, 0.05) is 17.9 Å². The maximum absolute atomic E-state index is 12.9. The number of hydrogen-bond donors (Lipinski definition) is 0. The van der Waals surface area contributed by atoms with Gasteiger partial charge in [-0.15, -0.1) is 0 Å².